The van der Waals surface area contributed by atoms with Crippen molar-refractivity contribution in [3.63, 3.8) is 0 Å². The van der Waals surface area contributed by atoms with Crippen LogP contribution in [0.3, 0.4) is 0 Å². The van der Waals surface area contributed by atoms with Crippen molar-refractivity contribution >= 4 is 34.0 Å². The number of imidazole rings is 1. The molecule has 4 rings (SSSR count). The van der Waals surface area contributed by atoms with Gasteiger partial charge in [-0.15, -0.1) is 0 Å². The van der Waals surface area contributed by atoms with Crippen molar-refractivity contribution in [1.29, 1.82) is 0 Å². The molecule has 0 fully saturated rings. The molecule has 8 nitrogen and oxygen atoms in total. The molecule has 27 heavy (non-hydrogen) atoms. The molecule has 1 aromatic heterocycles. The highest BCUT2D eigenvalue weighted by Crippen LogP contribution is 2.23. The number of nitrogens with one attached hydrogen (secondary N) is 3. The van der Waals surface area contributed by atoms with Crippen LogP contribution in [0.1, 0.15) is 15.9 Å². The minimum atomic E-state index is -0.578. The van der Waals surface area contributed by atoms with Gasteiger partial charge in [0.05, 0.1) is 17.4 Å². The van der Waals surface area contributed by atoms with E-state index in [0.29, 0.717) is 11.3 Å². The van der Waals surface area contributed by atoms with E-state index in [1.54, 1.807) is 42.7 Å². The first-order chi connectivity index (χ1) is 13.0. The van der Waals surface area contributed by atoms with Gasteiger partial charge in [0.1, 0.15) is 11.4 Å². The van der Waals surface area contributed by atoms with Crippen molar-refractivity contribution in [2.75, 3.05) is 10.6 Å². The molecule has 134 valence electrons. The Labute approximate surface area is 152 Å². The molecular formula is C19H15N5O3. The summed E-state index contributed by atoms with van der Waals surface area (Å²) in [4.78, 5) is 42.3. The number of H-pyrrole nitrogens is 1. The van der Waals surface area contributed by atoms with Gasteiger partial charge in [-0.05, 0) is 35.9 Å². The van der Waals surface area contributed by atoms with Crippen LogP contribution < -0.4 is 27.2 Å². The summed E-state index contributed by atoms with van der Waals surface area (Å²) in [5, 5.41) is 5.94. The number of aromatic nitrogens is 2. The van der Waals surface area contributed by atoms with Gasteiger partial charge in [-0.3, -0.25) is 14.4 Å². The van der Waals surface area contributed by atoms with E-state index < -0.39 is 16.8 Å². The standard InChI is InChI=1S/C19H15N5O3/c20-19(27)11-3-1-2-10(6-11)8-21-15-16(18(26)17(15)25)24-12-4-5-13-14(7-12)23-9-22-13/h1-7,9,21,24H,8H2,(H2,20,27)(H,22,23). The Hall–Kier alpha value is -3.94. The van der Waals surface area contributed by atoms with Gasteiger partial charge in [0.2, 0.25) is 5.91 Å². The molecule has 0 bridgehead atoms. The molecule has 0 aliphatic heterocycles. The van der Waals surface area contributed by atoms with E-state index in [4.69, 9.17) is 5.73 Å². The smallest absolute Gasteiger partial charge is 0.253 e. The lowest BCUT2D eigenvalue weighted by Crippen LogP contribution is -2.36. The third-order valence-electron chi connectivity index (χ3n) is 4.28. The third kappa shape index (κ3) is 3.04. The van der Waals surface area contributed by atoms with E-state index in [1.807, 2.05) is 6.07 Å². The molecule has 0 saturated carbocycles. The van der Waals surface area contributed by atoms with Crippen molar-refractivity contribution in [1.82, 2.24) is 9.97 Å². The van der Waals surface area contributed by atoms with Gasteiger partial charge in [-0.1, -0.05) is 12.1 Å². The van der Waals surface area contributed by atoms with Crippen LogP contribution in [0.25, 0.3) is 11.0 Å². The summed E-state index contributed by atoms with van der Waals surface area (Å²) in [6.07, 6.45) is 1.58. The highest BCUT2D eigenvalue weighted by atomic mass is 16.2. The molecule has 3 aromatic carbocycles. The van der Waals surface area contributed by atoms with Gasteiger partial charge in [-0.25, -0.2) is 4.98 Å². The van der Waals surface area contributed by atoms with Crippen molar-refractivity contribution < 1.29 is 4.79 Å². The number of rotatable bonds is 6. The van der Waals surface area contributed by atoms with Gasteiger partial charge >= 0.3 is 0 Å². The number of amides is 1. The molecule has 0 unspecified atom stereocenters. The number of primary amides is 1. The van der Waals surface area contributed by atoms with Crippen molar-refractivity contribution in [3.8, 4) is 0 Å². The number of nitrogens with zero attached hydrogens (tertiary/aromatic N) is 1. The second-order valence-electron chi connectivity index (χ2n) is 6.09. The fraction of sp³-hybridized carbons (Fsp3) is 0.0526. The quantitative estimate of drug-likeness (QED) is 0.386. The Morgan fingerprint density at radius 3 is 2.70 bits per heavy atom. The summed E-state index contributed by atoms with van der Waals surface area (Å²) < 4.78 is 0. The van der Waals surface area contributed by atoms with Crippen LogP contribution in [-0.4, -0.2) is 15.9 Å². The monoisotopic (exact) mass is 361 g/mol. The number of hydrogen-bond donors (Lipinski definition) is 4. The number of anilines is 3. The van der Waals surface area contributed by atoms with Crippen LogP contribution in [0.2, 0.25) is 0 Å². The van der Waals surface area contributed by atoms with Gasteiger partial charge < -0.3 is 21.4 Å². The molecule has 0 spiro atoms. The first-order valence-corrected chi connectivity index (χ1v) is 8.19. The van der Waals surface area contributed by atoms with Crippen LogP contribution >= 0.6 is 0 Å². The number of fused-ring (bicyclic) bond motifs is 1. The van der Waals surface area contributed by atoms with E-state index in [2.05, 4.69) is 20.6 Å². The molecule has 0 radical (unpaired) electrons. The maximum absolute atomic E-state index is 12.0. The third-order valence-corrected chi connectivity index (χ3v) is 4.28. The highest BCUT2D eigenvalue weighted by molar-refractivity contribution is 5.93. The lowest BCUT2D eigenvalue weighted by atomic mass is 10.1. The zero-order chi connectivity index (χ0) is 19.0. The van der Waals surface area contributed by atoms with Crippen molar-refractivity contribution in [3.05, 3.63) is 80.4 Å². The summed E-state index contributed by atoms with van der Waals surface area (Å²) in [5.41, 5.74) is 7.98. The summed E-state index contributed by atoms with van der Waals surface area (Å²) >= 11 is 0. The average molecular weight is 361 g/mol. The predicted octanol–water partition coefficient (Wildman–Crippen LogP) is 1.61. The fourth-order valence-electron chi connectivity index (χ4n) is 2.86. The average Bonchev–Trinajstić information content (AvgIpc) is 3.15. The predicted molar refractivity (Wildman–Crippen MR) is 103 cm³/mol. The maximum Gasteiger partial charge on any atom is 0.253 e. The van der Waals surface area contributed by atoms with Crippen LogP contribution in [0.4, 0.5) is 17.1 Å². The number of nitrogens with two attached hydrogens (primary N) is 1. The van der Waals surface area contributed by atoms with Gasteiger partial charge in [-0.2, -0.15) is 0 Å². The Kier molecular flexibility index (Phi) is 3.92. The molecule has 5 N–H and O–H groups in total. The summed E-state index contributed by atoms with van der Waals surface area (Å²) in [5.74, 6) is -0.525. The molecule has 0 saturated heterocycles. The van der Waals surface area contributed by atoms with Gasteiger partial charge in [0.15, 0.2) is 0 Å². The van der Waals surface area contributed by atoms with Gasteiger partial charge in [0, 0.05) is 17.8 Å². The summed E-state index contributed by atoms with van der Waals surface area (Å²) in [7, 11) is 0. The fourth-order valence-corrected chi connectivity index (χ4v) is 2.86. The Morgan fingerprint density at radius 1 is 1.07 bits per heavy atom. The lowest BCUT2D eigenvalue weighted by molar-refractivity contribution is 0.1000. The Bertz CT molecular complexity index is 1230. The first kappa shape index (κ1) is 16.5. The topological polar surface area (TPSA) is 130 Å². The molecule has 8 heteroatoms. The zero-order valence-corrected chi connectivity index (χ0v) is 14.1. The molecule has 0 atom stereocenters. The molecule has 4 aromatic rings. The Balaban J connectivity index is 1.54. The second kappa shape index (κ2) is 6.41. The van der Waals surface area contributed by atoms with Crippen LogP contribution in [0.15, 0.2) is 58.4 Å². The number of aromatic amines is 1. The van der Waals surface area contributed by atoms with E-state index >= 15 is 0 Å². The Morgan fingerprint density at radius 2 is 1.89 bits per heavy atom. The highest BCUT2D eigenvalue weighted by Gasteiger charge is 2.21. The van der Waals surface area contributed by atoms with Crippen molar-refractivity contribution in [2.24, 2.45) is 5.73 Å². The van der Waals surface area contributed by atoms with Crippen LogP contribution in [0, 0.1) is 0 Å². The first-order valence-electron chi connectivity index (χ1n) is 8.19. The molecular weight excluding hydrogens is 346 g/mol. The minimum Gasteiger partial charge on any atom is -0.376 e. The van der Waals surface area contributed by atoms with Crippen LogP contribution in [-0.2, 0) is 6.54 Å². The van der Waals surface area contributed by atoms with Crippen LogP contribution in [0.5, 0.6) is 0 Å². The summed E-state index contributed by atoms with van der Waals surface area (Å²) in [6.45, 7) is 0.278. The van der Waals surface area contributed by atoms with Crippen molar-refractivity contribution in [2.45, 2.75) is 6.54 Å². The SMILES string of the molecule is NC(=O)c1cccc(CNc2c(Nc3ccc4nc[nH]c4c3)c(=O)c2=O)c1. The zero-order valence-electron chi connectivity index (χ0n) is 14.1. The molecule has 1 heterocycles. The van der Waals surface area contributed by atoms with E-state index in [0.717, 1.165) is 16.6 Å². The second-order valence-corrected chi connectivity index (χ2v) is 6.09. The molecule has 0 aliphatic rings. The summed E-state index contributed by atoms with van der Waals surface area (Å²) in [6, 6.07) is 12.1. The number of hydrogen-bond acceptors (Lipinski definition) is 6. The van der Waals surface area contributed by atoms with E-state index in [-0.39, 0.29) is 17.9 Å². The van der Waals surface area contributed by atoms with Gasteiger partial charge in [0.25, 0.3) is 10.9 Å². The maximum atomic E-state index is 12.0. The largest absolute Gasteiger partial charge is 0.376 e. The van der Waals surface area contributed by atoms with E-state index in [1.165, 1.54) is 0 Å². The number of benzene rings is 2. The number of carbonyl (C=O) groups is 1. The minimum absolute atomic E-state index is 0.213. The number of carbonyl (C=O) groups excluding carboxylic acids is 1. The molecule has 0 aliphatic carbocycles. The normalized spacial score (nSPS) is 11.0. The molecule has 1 amide bonds. The lowest BCUT2D eigenvalue weighted by Gasteiger charge is -2.15. The van der Waals surface area contributed by atoms with E-state index in [9.17, 15) is 14.4 Å².